The molecule has 1 fully saturated rings. The molecule has 2 aromatic carbocycles. The van der Waals surface area contributed by atoms with Gasteiger partial charge in [-0.2, -0.15) is 0 Å². The van der Waals surface area contributed by atoms with Gasteiger partial charge in [-0.3, -0.25) is 9.59 Å². The molecule has 2 N–H and O–H groups in total. The van der Waals surface area contributed by atoms with Crippen LogP contribution in [-0.2, 0) is 28.1 Å². The minimum atomic E-state index is -1.20. The maximum absolute atomic E-state index is 13.9. The summed E-state index contributed by atoms with van der Waals surface area (Å²) in [4.78, 5) is 46.8. The van der Waals surface area contributed by atoms with Crippen LogP contribution in [0.25, 0.3) is 10.9 Å². The Bertz CT molecular complexity index is 1300. The fourth-order valence-corrected chi connectivity index (χ4v) is 5.28. The van der Waals surface area contributed by atoms with Gasteiger partial charge in [0, 0.05) is 24.0 Å². The average Bonchev–Trinajstić information content (AvgIpc) is 3.29. The number of nitrogens with zero attached hydrogens (tertiary/aromatic N) is 2. The number of aromatic amines is 1. The van der Waals surface area contributed by atoms with E-state index in [1.54, 1.807) is 24.0 Å². The Hall–Kier alpha value is -3.68. The molecule has 1 saturated heterocycles. The number of urea groups is 1. The summed E-state index contributed by atoms with van der Waals surface area (Å²) in [6, 6.07) is 12.3. The molecule has 3 aromatic rings. The quantitative estimate of drug-likeness (QED) is 0.567. The molecule has 3 heterocycles. The van der Waals surface area contributed by atoms with E-state index >= 15 is 0 Å². The van der Waals surface area contributed by atoms with E-state index in [1.165, 1.54) is 12.1 Å². The highest BCUT2D eigenvalue weighted by atomic mass is 19.1. The van der Waals surface area contributed by atoms with E-state index in [1.807, 2.05) is 38.1 Å². The number of H-pyrrole nitrogens is 1. The molecular weight excluding hydrogens is 435 g/mol. The van der Waals surface area contributed by atoms with Gasteiger partial charge in [0.2, 0.25) is 5.91 Å². The Morgan fingerprint density at radius 2 is 1.85 bits per heavy atom. The Morgan fingerprint density at radius 1 is 1.15 bits per heavy atom. The van der Waals surface area contributed by atoms with Crippen molar-refractivity contribution in [3.8, 4) is 0 Å². The summed E-state index contributed by atoms with van der Waals surface area (Å²) in [5.74, 6) is -1.47. The predicted molar refractivity (Wildman–Crippen MR) is 125 cm³/mol. The number of hydrogen-bond donors (Lipinski definition) is 2. The van der Waals surface area contributed by atoms with E-state index < -0.39 is 29.4 Å². The lowest BCUT2D eigenvalue weighted by molar-refractivity contribution is -0.140. The zero-order valence-electron chi connectivity index (χ0n) is 19.4. The van der Waals surface area contributed by atoms with E-state index in [-0.39, 0.29) is 18.3 Å². The number of carbonyl (C=O) groups excluding carboxylic acids is 3. The van der Waals surface area contributed by atoms with Crippen molar-refractivity contribution < 1.29 is 18.8 Å². The summed E-state index contributed by atoms with van der Waals surface area (Å²) in [7, 11) is 0. The van der Waals surface area contributed by atoms with Crippen molar-refractivity contribution in [3.63, 3.8) is 0 Å². The van der Waals surface area contributed by atoms with Crippen LogP contribution in [0, 0.1) is 11.7 Å². The number of nitrogens with one attached hydrogen (secondary N) is 2. The number of halogens is 1. The van der Waals surface area contributed by atoms with Crippen LogP contribution >= 0.6 is 0 Å². The van der Waals surface area contributed by atoms with Gasteiger partial charge in [0.1, 0.15) is 11.9 Å². The lowest BCUT2D eigenvalue weighted by atomic mass is 9.86. The molecule has 0 saturated carbocycles. The topological polar surface area (TPSA) is 85.5 Å². The molecule has 5 rings (SSSR count). The van der Waals surface area contributed by atoms with Crippen LogP contribution in [0.1, 0.15) is 37.6 Å². The van der Waals surface area contributed by atoms with Crippen LogP contribution in [0.2, 0.25) is 0 Å². The lowest BCUT2D eigenvalue weighted by Gasteiger charge is -2.36. The highest BCUT2D eigenvalue weighted by Gasteiger charge is 2.61. The van der Waals surface area contributed by atoms with Crippen LogP contribution in [0.15, 0.2) is 48.5 Å². The third-order valence-electron chi connectivity index (χ3n) is 7.06. The second kappa shape index (κ2) is 7.97. The van der Waals surface area contributed by atoms with Crippen LogP contribution < -0.4 is 5.32 Å². The summed E-state index contributed by atoms with van der Waals surface area (Å²) < 4.78 is 13.2. The molecule has 34 heavy (non-hydrogen) atoms. The fourth-order valence-electron chi connectivity index (χ4n) is 5.28. The van der Waals surface area contributed by atoms with Gasteiger partial charge >= 0.3 is 6.03 Å². The molecule has 0 unspecified atom stereocenters. The number of hydrogen-bond acceptors (Lipinski definition) is 3. The highest BCUT2D eigenvalue weighted by molar-refractivity contribution is 6.11. The maximum atomic E-state index is 13.9. The second-order valence-corrected chi connectivity index (χ2v) is 9.49. The molecule has 2 atom stereocenters. The van der Waals surface area contributed by atoms with Crippen molar-refractivity contribution in [2.45, 2.75) is 45.3 Å². The van der Waals surface area contributed by atoms with E-state index in [2.05, 4.69) is 10.3 Å². The van der Waals surface area contributed by atoms with Gasteiger partial charge in [-0.25, -0.2) is 14.1 Å². The van der Waals surface area contributed by atoms with Gasteiger partial charge in [0.25, 0.3) is 5.91 Å². The van der Waals surface area contributed by atoms with Gasteiger partial charge in [-0.05, 0) is 48.6 Å². The highest BCUT2D eigenvalue weighted by Crippen LogP contribution is 2.45. The first kappa shape index (κ1) is 22.1. The Kier molecular flexibility index (Phi) is 5.19. The molecule has 176 valence electrons. The monoisotopic (exact) mass is 462 g/mol. The summed E-state index contributed by atoms with van der Waals surface area (Å²) in [6.07, 6.45) is 0.630. The van der Waals surface area contributed by atoms with Gasteiger partial charge in [0.05, 0.1) is 5.69 Å². The number of fused-ring (bicyclic) bond motifs is 5. The van der Waals surface area contributed by atoms with Crippen molar-refractivity contribution in [2.24, 2.45) is 5.92 Å². The number of aromatic nitrogens is 1. The first-order chi connectivity index (χ1) is 16.2. The molecule has 0 aliphatic carbocycles. The van der Waals surface area contributed by atoms with Gasteiger partial charge in [0.15, 0.2) is 5.54 Å². The minimum absolute atomic E-state index is 0.172. The molecule has 1 aromatic heterocycles. The summed E-state index contributed by atoms with van der Waals surface area (Å²) >= 11 is 0. The molecule has 8 heteroatoms. The minimum Gasteiger partial charge on any atom is -0.356 e. The third-order valence-corrected chi connectivity index (χ3v) is 7.06. The van der Waals surface area contributed by atoms with E-state index in [0.29, 0.717) is 13.0 Å². The van der Waals surface area contributed by atoms with Crippen molar-refractivity contribution in [2.75, 3.05) is 6.54 Å². The smallest absolute Gasteiger partial charge is 0.328 e. The largest absolute Gasteiger partial charge is 0.356 e. The number of amides is 4. The number of imide groups is 1. The summed E-state index contributed by atoms with van der Waals surface area (Å²) in [5.41, 5.74) is 2.21. The Morgan fingerprint density at radius 3 is 2.56 bits per heavy atom. The van der Waals surface area contributed by atoms with Crippen molar-refractivity contribution >= 4 is 28.7 Å². The molecule has 4 amide bonds. The van der Waals surface area contributed by atoms with Gasteiger partial charge in [-0.1, -0.05) is 44.2 Å². The zero-order valence-corrected chi connectivity index (χ0v) is 19.4. The number of rotatable bonds is 5. The molecule has 0 spiro atoms. The molecule has 0 radical (unpaired) electrons. The van der Waals surface area contributed by atoms with E-state index in [4.69, 9.17) is 0 Å². The van der Waals surface area contributed by atoms with Crippen LogP contribution in [0.4, 0.5) is 9.18 Å². The molecule has 2 aliphatic heterocycles. The average molecular weight is 463 g/mol. The number of para-hydroxylation sites is 1. The van der Waals surface area contributed by atoms with Crippen LogP contribution in [0.5, 0.6) is 0 Å². The first-order valence-electron chi connectivity index (χ1n) is 11.5. The van der Waals surface area contributed by atoms with Crippen molar-refractivity contribution in [1.29, 1.82) is 0 Å². The molecule has 7 nitrogen and oxygen atoms in total. The first-order valence-corrected chi connectivity index (χ1v) is 11.5. The number of benzene rings is 2. The standard InChI is InChI=1S/C26H27FN4O3/c1-15(2)21(23(32)28-14-16-8-10-17(27)11-9-16)31-24(33)26(3)22-19(12-13-30(26)25(31)34)18-6-4-5-7-20(18)29-22/h4-11,15,21,29H,12-14H2,1-3H3,(H,28,32)/t21-,26-/m0/s1. The molecule has 0 bridgehead atoms. The molecule has 2 aliphatic rings. The van der Waals surface area contributed by atoms with Crippen molar-refractivity contribution in [3.05, 3.63) is 71.2 Å². The number of carbonyl (C=O) groups is 3. The lowest BCUT2D eigenvalue weighted by Crippen LogP contribution is -2.53. The summed E-state index contributed by atoms with van der Waals surface area (Å²) in [5, 5.41) is 3.87. The predicted octanol–water partition coefficient (Wildman–Crippen LogP) is 3.68. The fraction of sp³-hybridized carbons (Fsp3) is 0.346. The second-order valence-electron chi connectivity index (χ2n) is 9.49. The van der Waals surface area contributed by atoms with E-state index in [0.717, 1.165) is 32.6 Å². The third kappa shape index (κ3) is 3.20. The SMILES string of the molecule is CC(C)[C@@H](C(=O)NCc1ccc(F)cc1)N1C(=O)N2CCc3c([nH]c4ccccc34)[C@@]2(C)C1=O. The maximum Gasteiger partial charge on any atom is 0.328 e. The van der Waals surface area contributed by atoms with E-state index in [9.17, 15) is 18.8 Å². The van der Waals surface area contributed by atoms with Crippen LogP contribution in [-0.4, -0.2) is 45.2 Å². The van der Waals surface area contributed by atoms with Gasteiger partial charge < -0.3 is 15.2 Å². The normalized spacial score (nSPS) is 20.6. The van der Waals surface area contributed by atoms with Gasteiger partial charge in [-0.15, -0.1) is 0 Å². The summed E-state index contributed by atoms with van der Waals surface area (Å²) in [6.45, 7) is 5.96. The Balaban J connectivity index is 1.47. The zero-order chi connectivity index (χ0) is 24.2. The molecular formula is C26H27FN4O3. The Labute approximate surface area is 196 Å². The van der Waals surface area contributed by atoms with Crippen molar-refractivity contribution in [1.82, 2.24) is 20.1 Å². The van der Waals surface area contributed by atoms with Crippen LogP contribution in [0.3, 0.4) is 0 Å².